The molecule has 0 amide bonds. The number of aromatic amines is 2. The second-order valence-electron chi connectivity index (χ2n) is 10.4. The largest absolute Gasteiger partial charge is 0.457 e. The second-order valence-corrected chi connectivity index (χ2v) is 10.4. The van der Waals surface area contributed by atoms with Gasteiger partial charge in [0.15, 0.2) is 0 Å². The Morgan fingerprint density at radius 3 is 1.34 bits per heavy atom. The number of nitrogens with one attached hydrogen (secondary N) is 4. The molecular formula is C34H28N6O. The number of H-pyrrole nitrogens is 2. The molecule has 4 heterocycles. The third-order valence-electron chi connectivity index (χ3n) is 7.71. The van der Waals surface area contributed by atoms with E-state index in [-0.39, 0.29) is 0 Å². The maximum atomic E-state index is 6.16. The summed E-state index contributed by atoms with van der Waals surface area (Å²) in [5, 5.41) is 9.05. The molecule has 2 aliphatic heterocycles. The fourth-order valence-corrected chi connectivity index (χ4v) is 5.58. The lowest BCUT2D eigenvalue weighted by Gasteiger charge is -2.07. The summed E-state index contributed by atoms with van der Waals surface area (Å²) in [7, 11) is 0. The molecule has 0 saturated heterocycles. The van der Waals surface area contributed by atoms with E-state index >= 15 is 0 Å². The summed E-state index contributed by atoms with van der Waals surface area (Å²) in [6, 6.07) is 33.6. The van der Waals surface area contributed by atoms with Crippen LogP contribution in [0.3, 0.4) is 0 Å². The molecule has 2 aromatic heterocycles. The van der Waals surface area contributed by atoms with Crippen molar-refractivity contribution in [2.75, 3.05) is 26.2 Å². The van der Waals surface area contributed by atoms with E-state index in [2.05, 4.69) is 103 Å². The molecule has 200 valence electrons. The Hall–Kier alpha value is -5.30. The summed E-state index contributed by atoms with van der Waals surface area (Å²) in [4.78, 5) is 16.2. The molecule has 8 rings (SSSR count). The minimum Gasteiger partial charge on any atom is -0.457 e. The number of amidine groups is 2. The highest BCUT2D eigenvalue weighted by Crippen LogP contribution is 2.31. The van der Waals surface area contributed by atoms with Crippen LogP contribution in [0.1, 0.15) is 11.1 Å². The molecule has 0 unspecified atom stereocenters. The fourth-order valence-electron chi connectivity index (χ4n) is 5.58. The van der Waals surface area contributed by atoms with Crippen LogP contribution in [-0.2, 0) is 0 Å². The average Bonchev–Trinajstić information content (AvgIpc) is 3.84. The van der Waals surface area contributed by atoms with E-state index in [1.54, 1.807) is 0 Å². The number of rotatable bonds is 6. The van der Waals surface area contributed by atoms with Gasteiger partial charge in [-0.25, -0.2) is 0 Å². The van der Waals surface area contributed by atoms with Crippen LogP contribution in [0.4, 0.5) is 0 Å². The fraction of sp³-hybridized carbons (Fsp3) is 0.118. The van der Waals surface area contributed by atoms with Gasteiger partial charge in [-0.05, 0) is 83.9 Å². The number of ether oxygens (including phenoxy) is 1. The Balaban J connectivity index is 0.971. The van der Waals surface area contributed by atoms with Crippen LogP contribution in [0.2, 0.25) is 0 Å². The van der Waals surface area contributed by atoms with Gasteiger partial charge in [0.25, 0.3) is 0 Å². The Labute approximate surface area is 237 Å². The maximum Gasteiger partial charge on any atom is 0.128 e. The van der Waals surface area contributed by atoms with Crippen molar-refractivity contribution in [3.8, 4) is 34.0 Å². The van der Waals surface area contributed by atoms with Crippen LogP contribution in [-0.4, -0.2) is 47.8 Å². The lowest BCUT2D eigenvalue weighted by molar-refractivity contribution is 0.483. The highest BCUT2D eigenvalue weighted by molar-refractivity contribution is 6.03. The molecule has 41 heavy (non-hydrogen) atoms. The zero-order valence-electron chi connectivity index (χ0n) is 22.4. The lowest BCUT2D eigenvalue weighted by Crippen LogP contribution is -2.19. The van der Waals surface area contributed by atoms with Gasteiger partial charge in [-0.15, -0.1) is 0 Å². The first kappa shape index (κ1) is 23.6. The van der Waals surface area contributed by atoms with Gasteiger partial charge in [0.1, 0.15) is 23.2 Å². The average molecular weight is 537 g/mol. The zero-order chi connectivity index (χ0) is 27.2. The standard InChI is InChI=1S/C34H28N6O/c1-3-25(33-35-13-14-36-33)19-31-23(1)17-29(39-31)21-5-9-27(10-6-21)41-28-11-7-22(8-12-28)30-18-24-2-4-26(20-32(24)40-30)34-37-15-16-38-34/h1-12,17-20,39-40H,13-16H2,(H,35,36)(H,37,38). The molecule has 0 fully saturated rings. The Bertz CT molecular complexity index is 1820. The smallest absolute Gasteiger partial charge is 0.128 e. The van der Waals surface area contributed by atoms with E-state index in [0.717, 1.165) is 94.0 Å². The number of benzene rings is 4. The number of aromatic nitrogens is 2. The predicted octanol–water partition coefficient (Wildman–Crippen LogP) is 6.48. The summed E-state index contributed by atoms with van der Waals surface area (Å²) >= 11 is 0. The van der Waals surface area contributed by atoms with Crippen LogP contribution < -0.4 is 15.4 Å². The lowest BCUT2D eigenvalue weighted by atomic mass is 10.1. The van der Waals surface area contributed by atoms with Gasteiger partial charge in [-0.1, -0.05) is 24.3 Å². The monoisotopic (exact) mass is 536 g/mol. The zero-order valence-corrected chi connectivity index (χ0v) is 22.4. The predicted molar refractivity (Wildman–Crippen MR) is 166 cm³/mol. The Morgan fingerprint density at radius 2 is 0.927 bits per heavy atom. The summed E-state index contributed by atoms with van der Waals surface area (Å²) in [6.45, 7) is 3.48. The van der Waals surface area contributed by atoms with E-state index in [1.165, 1.54) is 10.8 Å². The molecule has 0 bridgehead atoms. The third kappa shape index (κ3) is 4.51. The summed E-state index contributed by atoms with van der Waals surface area (Å²) < 4.78 is 6.16. The van der Waals surface area contributed by atoms with Crippen molar-refractivity contribution < 1.29 is 4.74 Å². The van der Waals surface area contributed by atoms with Crippen molar-refractivity contribution in [3.05, 3.63) is 108 Å². The van der Waals surface area contributed by atoms with E-state index in [0.29, 0.717) is 0 Å². The molecule has 4 N–H and O–H groups in total. The molecule has 0 saturated carbocycles. The molecule has 2 aliphatic rings. The number of hydrogen-bond acceptors (Lipinski definition) is 5. The molecule has 6 aromatic rings. The molecule has 7 nitrogen and oxygen atoms in total. The van der Waals surface area contributed by atoms with Gasteiger partial charge in [0, 0.05) is 57.4 Å². The van der Waals surface area contributed by atoms with Crippen LogP contribution >= 0.6 is 0 Å². The van der Waals surface area contributed by atoms with E-state index in [1.807, 2.05) is 24.3 Å². The van der Waals surface area contributed by atoms with Gasteiger partial charge in [-0.2, -0.15) is 0 Å². The first-order chi connectivity index (χ1) is 20.2. The summed E-state index contributed by atoms with van der Waals surface area (Å²) in [5.74, 6) is 3.54. The van der Waals surface area contributed by atoms with Crippen molar-refractivity contribution in [2.45, 2.75) is 0 Å². The number of hydrogen-bond donors (Lipinski definition) is 4. The van der Waals surface area contributed by atoms with Gasteiger partial charge >= 0.3 is 0 Å². The minimum atomic E-state index is 0.798. The van der Waals surface area contributed by atoms with Gasteiger partial charge in [0.05, 0.1) is 13.1 Å². The molecule has 0 atom stereocenters. The van der Waals surface area contributed by atoms with E-state index < -0.39 is 0 Å². The molecule has 0 aliphatic carbocycles. The van der Waals surface area contributed by atoms with E-state index in [9.17, 15) is 0 Å². The van der Waals surface area contributed by atoms with Gasteiger partial charge in [-0.3, -0.25) is 9.98 Å². The highest BCUT2D eigenvalue weighted by Gasteiger charge is 2.12. The van der Waals surface area contributed by atoms with Crippen molar-refractivity contribution in [2.24, 2.45) is 9.98 Å². The first-order valence-corrected chi connectivity index (χ1v) is 14.0. The van der Waals surface area contributed by atoms with Crippen LogP contribution in [0, 0.1) is 0 Å². The van der Waals surface area contributed by atoms with Crippen molar-refractivity contribution >= 4 is 33.5 Å². The minimum absolute atomic E-state index is 0.798. The summed E-state index contributed by atoms with van der Waals surface area (Å²) in [6.07, 6.45) is 0. The molecule has 7 heteroatoms. The topological polar surface area (TPSA) is 89.6 Å². The van der Waals surface area contributed by atoms with Crippen molar-refractivity contribution in [1.29, 1.82) is 0 Å². The SMILES string of the molecule is c1cc(-c2cc3ccc(C4=NCCN4)cc3[nH]2)ccc1Oc1ccc(-c2cc3ccc(C4=NCCN4)cc3[nH]2)cc1. The number of fused-ring (bicyclic) bond motifs is 2. The Kier molecular flexibility index (Phi) is 5.58. The molecular weight excluding hydrogens is 508 g/mol. The van der Waals surface area contributed by atoms with Gasteiger partial charge < -0.3 is 25.3 Å². The molecule has 4 aromatic carbocycles. The summed E-state index contributed by atoms with van der Waals surface area (Å²) in [5.41, 5.74) is 8.81. The maximum absolute atomic E-state index is 6.16. The third-order valence-corrected chi connectivity index (χ3v) is 7.71. The highest BCUT2D eigenvalue weighted by atomic mass is 16.5. The second kappa shape index (κ2) is 9.71. The van der Waals surface area contributed by atoms with Crippen molar-refractivity contribution in [1.82, 2.24) is 20.6 Å². The van der Waals surface area contributed by atoms with Crippen molar-refractivity contribution in [3.63, 3.8) is 0 Å². The molecule has 0 spiro atoms. The normalized spacial score (nSPS) is 14.6. The van der Waals surface area contributed by atoms with Crippen LogP contribution in [0.15, 0.2) is 107 Å². The van der Waals surface area contributed by atoms with Crippen LogP contribution in [0.25, 0.3) is 44.3 Å². The number of nitrogens with zero attached hydrogens (tertiary/aromatic N) is 2. The number of aliphatic imine (C=N–C) groups is 2. The quantitative estimate of drug-likeness (QED) is 0.197. The van der Waals surface area contributed by atoms with E-state index in [4.69, 9.17) is 4.74 Å². The van der Waals surface area contributed by atoms with Gasteiger partial charge in [0.2, 0.25) is 0 Å². The van der Waals surface area contributed by atoms with Crippen LogP contribution in [0.5, 0.6) is 11.5 Å². The first-order valence-electron chi connectivity index (χ1n) is 14.0. The molecule has 0 radical (unpaired) electrons. The Morgan fingerprint density at radius 1 is 0.488 bits per heavy atom.